The highest BCUT2D eigenvalue weighted by atomic mass is 32.1. The van der Waals surface area contributed by atoms with Crippen molar-refractivity contribution >= 4 is 17.3 Å². The second-order valence-corrected chi connectivity index (χ2v) is 4.18. The fourth-order valence-electron chi connectivity index (χ4n) is 1.02. The first kappa shape index (κ1) is 12.1. The van der Waals surface area contributed by atoms with E-state index in [1.54, 1.807) is 12.5 Å². The Morgan fingerprint density at radius 2 is 2.47 bits per heavy atom. The highest BCUT2D eigenvalue weighted by Gasteiger charge is 2.18. The first-order valence-electron chi connectivity index (χ1n) is 4.50. The Morgan fingerprint density at radius 1 is 1.80 bits per heavy atom. The van der Waals surface area contributed by atoms with Gasteiger partial charge in [-0.25, -0.2) is 4.98 Å². The normalized spacial score (nSPS) is 14.9. The molecule has 0 radical (unpaired) electrons. The van der Waals surface area contributed by atoms with E-state index in [9.17, 15) is 4.79 Å². The van der Waals surface area contributed by atoms with Crippen molar-refractivity contribution in [3.05, 3.63) is 16.1 Å². The Kier molecular flexibility index (Phi) is 4.19. The van der Waals surface area contributed by atoms with Crippen molar-refractivity contribution in [3.8, 4) is 0 Å². The minimum Gasteiger partial charge on any atom is -0.480 e. The van der Waals surface area contributed by atoms with Crippen molar-refractivity contribution in [3.63, 3.8) is 0 Å². The molecule has 3 N–H and O–H groups in total. The van der Waals surface area contributed by atoms with Crippen LogP contribution in [0, 0.1) is 0 Å². The molecule has 5 nitrogen and oxygen atoms in total. The van der Waals surface area contributed by atoms with Crippen LogP contribution in [-0.2, 0) is 16.0 Å². The van der Waals surface area contributed by atoms with Crippen LogP contribution in [-0.4, -0.2) is 29.3 Å². The van der Waals surface area contributed by atoms with Gasteiger partial charge in [0.1, 0.15) is 6.04 Å². The van der Waals surface area contributed by atoms with Crippen LogP contribution in [0.15, 0.2) is 5.38 Å². The van der Waals surface area contributed by atoms with Crippen LogP contribution in [0.2, 0.25) is 0 Å². The third-order valence-electron chi connectivity index (χ3n) is 2.02. The van der Waals surface area contributed by atoms with Gasteiger partial charge in [0, 0.05) is 18.9 Å². The van der Waals surface area contributed by atoms with Crippen molar-refractivity contribution in [2.24, 2.45) is 5.73 Å². The molecule has 0 amide bonds. The predicted octanol–water partition coefficient (Wildman–Crippen LogP) is 0.805. The number of hydrogen-bond donors (Lipinski definition) is 2. The van der Waals surface area contributed by atoms with E-state index in [2.05, 4.69) is 4.98 Å². The third kappa shape index (κ3) is 3.26. The summed E-state index contributed by atoms with van der Waals surface area (Å²) in [5.41, 5.74) is 5.84. The van der Waals surface area contributed by atoms with Gasteiger partial charge in [-0.2, -0.15) is 0 Å². The van der Waals surface area contributed by atoms with Crippen LogP contribution in [0.3, 0.4) is 0 Å². The van der Waals surface area contributed by atoms with Gasteiger partial charge in [-0.05, 0) is 6.92 Å². The summed E-state index contributed by atoms with van der Waals surface area (Å²) in [5, 5.41) is 11.2. The topological polar surface area (TPSA) is 85.4 Å². The number of nitrogens with zero attached hydrogens (tertiary/aromatic N) is 1. The van der Waals surface area contributed by atoms with E-state index in [-0.39, 0.29) is 6.10 Å². The lowest BCUT2D eigenvalue weighted by atomic mass is 10.2. The number of ether oxygens (including phenoxy) is 1. The predicted molar refractivity (Wildman–Crippen MR) is 56.9 cm³/mol. The summed E-state index contributed by atoms with van der Waals surface area (Å²) in [5.74, 6) is -1.06. The molecule has 1 aromatic heterocycles. The van der Waals surface area contributed by atoms with Crippen LogP contribution < -0.4 is 5.73 Å². The van der Waals surface area contributed by atoms with E-state index in [0.29, 0.717) is 12.1 Å². The molecule has 15 heavy (non-hydrogen) atoms. The second-order valence-electron chi connectivity index (χ2n) is 3.23. The molecule has 0 aliphatic heterocycles. The number of methoxy groups -OCH3 is 1. The molecule has 0 saturated heterocycles. The molecule has 0 bridgehead atoms. The summed E-state index contributed by atoms with van der Waals surface area (Å²) in [7, 11) is 1.63. The van der Waals surface area contributed by atoms with E-state index >= 15 is 0 Å². The highest BCUT2D eigenvalue weighted by molar-refractivity contribution is 7.09. The number of carboxylic acids is 1. The van der Waals surface area contributed by atoms with Gasteiger partial charge < -0.3 is 15.6 Å². The number of nitrogens with two attached hydrogens (primary N) is 1. The second kappa shape index (κ2) is 5.20. The summed E-state index contributed by atoms with van der Waals surface area (Å²) in [4.78, 5) is 14.8. The number of rotatable bonds is 5. The molecular formula is C9H14N2O3S. The van der Waals surface area contributed by atoms with Crippen molar-refractivity contribution < 1.29 is 14.6 Å². The fourth-order valence-corrected chi connectivity index (χ4v) is 1.96. The molecular weight excluding hydrogens is 216 g/mol. The molecule has 2 unspecified atom stereocenters. The highest BCUT2D eigenvalue weighted by Crippen LogP contribution is 2.17. The van der Waals surface area contributed by atoms with E-state index in [1.807, 2.05) is 6.92 Å². The average molecular weight is 230 g/mol. The van der Waals surface area contributed by atoms with Gasteiger partial charge in [0.05, 0.1) is 16.8 Å². The number of carbonyl (C=O) groups is 1. The van der Waals surface area contributed by atoms with Crippen molar-refractivity contribution in [1.82, 2.24) is 4.98 Å². The molecule has 2 atom stereocenters. The summed E-state index contributed by atoms with van der Waals surface area (Å²) in [6.07, 6.45) is 0.748. The molecule has 1 rings (SSSR count). The van der Waals surface area contributed by atoms with Gasteiger partial charge in [-0.1, -0.05) is 0 Å². The lowest BCUT2D eigenvalue weighted by Crippen LogP contribution is -2.21. The lowest BCUT2D eigenvalue weighted by molar-refractivity contribution is -0.138. The average Bonchev–Trinajstić information content (AvgIpc) is 2.64. The zero-order chi connectivity index (χ0) is 11.4. The van der Waals surface area contributed by atoms with Gasteiger partial charge in [-0.3, -0.25) is 4.79 Å². The van der Waals surface area contributed by atoms with Gasteiger partial charge >= 0.3 is 5.97 Å². The Morgan fingerprint density at radius 3 is 3.00 bits per heavy atom. The van der Waals surface area contributed by atoms with Gasteiger partial charge in [0.2, 0.25) is 0 Å². The molecule has 6 heteroatoms. The SMILES string of the molecule is COC(C)Cc1nc(C(N)C(=O)O)cs1. The van der Waals surface area contributed by atoms with Crippen molar-refractivity contribution in [2.45, 2.75) is 25.5 Å². The zero-order valence-electron chi connectivity index (χ0n) is 8.64. The van der Waals surface area contributed by atoms with E-state index in [1.165, 1.54) is 11.3 Å². The molecule has 0 saturated carbocycles. The molecule has 84 valence electrons. The molecule has 0 aliphatic carbocycles. The van der Waals surface area contributed by atoms with Crippen molar-refractivity contribution in [1.29, 1.82) is 0 Å². The number of carboxylic acid groups (broad SMARTS) is 1. The van der Waals surface area contributed by atoms with Crippen LogP contribution >= 0.6 is 11.3 Å². The van der Waals surface area contributed by atoms with E-state index in [4.69, 9.17) is 15.6 Å². The smallest absolute Gasteiger partial charge is 0.326 e. The fraction of sp³-hybridized carbons (Fsp3) is 0.556. The molecule has 1 heterocycles. The standard InChI is InChI=1S/C9H14N2O3S/c1-5(14-2)3-7-11-6(4-15-7)8(10)9(12)13/h4-5,8H,3,10H2,1-2H3,(H,12,13). The minimum atomic E-state index is -1.06. The van der Waals surface area contributed by atoms with Crippen molar-refractivity contribution in [2.75, 3.05) is 7.11 Å². The first-order chi connectivity index (χ1) is 7.04. The number of thiazole rings is 1. The van der Waals surface area contributed by atoms with E-state index < -0.39 is 12.0 Å². The number of aliphatic carboxylic acids is 1. The largest absolute Gasteiger partial charge is 0.480 e. The Labute approximate surface area is 91.9 Å². The number of aromatic nitrogens is 1. The van der Waals surface area contributed by atoms with Gasteiger partial charge in [0.25, 0.3) is 0 Å². The first-order valence-corrected chi connectivity index (χ1v) is 5.38. The summed E-state index contributed by atoms with van der Waals surface area (Å²) >= 11 is 1.40. The summed E-state index contributed by atoms with van der Waals surface area (Å²) in [6, 6.07) is -1.03. The zero-order valence-corrected chi connectivity index (χ0v) is 9.45. The summed E-state index contributed by atoms with van der Waals surface area (Å²) in [6.45, 7) is 1.93. The van der Waals surface area contributed by atoms with Gasteiger partial charge in [0.15, 0.2) is 0 Å². The Hall–Kier alpha value is -0.980. The van der Waals surface area contributed by atoms with Crippen LogP contribution in [0.5, 0.6) is 0 Å². The quantitative estimate of drug-likeness (QED) is 0.781. The third-order valence-corrected chi connectivity index (χ3v) is 2.91. The Balaban J connectivity index is 2.68. The molecule has 0 spiro atoms. The lowest BCUT2D eigenvalue weighted by Gasteiger charge is -2.05. The Bertz CT molecular complexity index is 340. The molecule has 0 fully saturated rings. The maximum atomic E-state index is 10.6. The van der Waals surface area contributed by atoms with Gasteiger partial charge in [-0.15, -0.1) is 11.3 Å². The number of hydrogen-bond acceptors (Lipinski definition) is 5. The summed E-state index contributed by atoms with van der Waals surface area (Å²) < 4.78 is 5.09. The molecule has 0 aromatic carbocycles. The molecule has 0 aliphatic rings. The van der Waals surface area contributed by atoms with Crippen LogP contribution in [0.1, 0.15) is 23.7 Å². The maximum Gasteiger partial charge on any atom is 0.326 e. The molecule has 1 aromatic rings. The van der Waals surface area contributed by atoms with Crippen LogP contribution in [0.25, 0.3) is 0 Å². The van der Waals surface area contributed by atoms with Crippen LogP contribution in [0.4, 0.5) is 0 Å². The minimum absolute atomic E-state index is 0.0741. The maximum absolute atomic E-state index is 10.6. The monoisotopic (exact) mass is 230 g/mol. The van der Waals surface area contributed by atoms with E-state index in [0.717, 1.165) is 5.01 Å².